The average molecular weight is 919 g/mol. The molecule has 22 heteroatoms. The molecule has 3 saturated heterocycles. The van der Waals surface area contributed by atoms with Crippen LogP contribution in [0.3, 0.4) is 0 Å². The summed E-state index contributed by atoms with van der Waals surface area (Å²) in [5.41, 5.74) is 0.804. The summed E-state index contributed by atoms with van der Waals surface area (Å²) in [6.45, 7) is 0.0736. The van der Waals surface area contributed by atoms with E-state index in [4.69, 9.17) is 42.6 Å². The van der Waals surface area contributed by atoms with Crippen molar-refractivity contribution in [3.63, 3.8) is 0 Å². The second kappa shape index (κ2) is 20.1. The Morgan fingerprint density at radius 2 is 1.37 bits per heavy atom. The highest BCUT2D eigenvalue weighted by atomic mass is 16.7. The Morgan fingerprint density at radius 1 is 0.723 bits per heavy atom. The van der Waals surface area contributed by atoms with Crippen LogP contribution in [0.1, 0.15) is 29.7 Å². The van der Waals surface area contributed by atoms with Crippen molar-refractivity contribution in [1.82, 2.24) is 0 Å². The van der Waals surface area contributed by atoms with Crippen molar-refractivity contribution in [3.8, 4) is 34.5 Å². The van der Waals surface area contributed by atoms with Gasteiger partial charge in [0, 0.05) is 11.6 Å². The number of fused-ring (bicyclic) bond motifs is 1. The predicted octanol–water partition coefficient (Wildman–Crippen LogP) is -1.60. The van der Waals surface area contributed by atoms with E-state index >= 15 is 0 Å². The van der Waals surface area contributed by atoms with Crippen LogP contribution < -0.4 is 14.2 Å². The van der Waals surface area contributed by atoms with Gasteiger partial charge in [0.05, 0.1) is 32.0 Å². The van der Waals surface area contributed by atoms with E-state index in [1.54, 1.807) is 12.1 Å². The maximum atomic E-state index is 12.6. The van der Waals surface area contributed by atoms with Crippen LogP contribution in [0.5, 0.6) is 34.5 Å². The van der Waals surface area contributed by atoms with Gasteiger partial charge in [0.1, 0.15) is 84.0 Å². The molecular weight excluding hydrogens is 868 g/mol. The lowest BCUT2D eigenvalue weighted by Gasteiger charge is -2.43. The normalized spacial score (nSPS) is 34.8. The molecule has 3 aromatic rings. The third-order valence-electron chi connectivity index (χ3n) is 11.2. The molecule has 4 aliphatic rings. The van der Waals surface area contributed by atoms with Gasteiger partial charge < -0.3 is 104 Å². The first-order valence-electron chi connectivity index (χ1n) is 20.2. The highest BCUT2D eigenvalue weighted by Gasteiger charge is 2.50. The number of ether oxygens (including phenoxy) is 9. The van der Waals surface area contributed by atoms with E-state index in [2.05, 4.69) is 0 Å². The van der Waals surface area contributed by atoms with Gasteiger partial charge in [-0.15, -0.1) is 0 Å². The molecule has 354 valence electrons. The van der Waals surface area contributed by atoms with E-state index in [9.17, 15) is 66.1 Å². The fourth-order valence-corrected chi connectivity index (χ4v) is 7.52. The maximum Gasteiger partial charge on any atom is 0.331 e. The van der Waals surface area contributed by atoms with Crippen LogP contribution in [0.15, 0.2) is 66.4 Å². The zero-order chi connectivity index (χ0) is 46.9. The molecule has 4 heterocycles. The zero-order valence-corrected chi connectivity index (χ0v) is 34.5. The molecule has 0 radical (unpaired) electrons. The first-order chi connectivity index (χ1) is 31.0. The number of carbonyl (C=O) groups excluding carboxylic acids is 1. The van der Waals surface area contributed by atoms with Crippen molar-refractivity contribution in [2.45, 2.75) is 105 Å². The van der Waals surface area contributed by atoms with E-state index < -0.39 is 129 Å². The standard InChI is InChI=1S/C43H50O22/c1-17-39(65-29(47)11-8-18-6-9-20(45)10-7-18)35(53)38(56)41(59-17)58-16-28-32(50)34(52)37(55)43(64-28)62-26-14-21-23(60-40(26)19-12-22(46)30(48)25(13-19)57-2)4-3-5-24(21)61-42-36(54)33(51)31(49)27(15-44)63-42/h3-14,17,27-28,31-46,48-56H,15-16H2,1-2H3. The largest absolute Gasteiger partial charge is 0.508 e. The molecule has 0 bridgehead atoms. The van der Waals surface area contributed by atoms with E-state index in [1.165, 1.54) is 62.6 Å². The van der Waals surface area contributed by atoms with Crippen molar-refractivity contribution in [3.05, 3.63) is 83.1 Å². The molecule has 7 rings (SSSR count). The van der Waals surface area contributed by atoms with Crippen LogP contribution in [0.25, 0.3) is 12.2 Å². The molecule has 0 aliphatic carbocycles. The fraction of sp³-hybridized carbons (Fsp3) is 0.465. The lowest BCUT2D eigenvalue weighted by Crippen LogP contribution is -2.61. The van der Waals surface area contributed by atoms with Crippen molar-refractivity contribution in [2.75, 3.05) is 20.3 Å². The summed E-state index contributed by atoms with van der Waals surface area (Å²) < 4.78 is 51.8. The van der Waals surface area contributed by atoms with E-state index in [-0.39, 0.29) is 39.9 Å². The van der Waals surface area contributed by atoms with E-state index in [0.717, 1.165) is 12.1 Å². The van der Waals surface area contributed by atoms with Crippen molar-refractivity contribution >= 4 is 18.1 Å². The molecule has 0 spiro atoms. The molecule has 3 aromatic carbocycles. The number of aliphatic hydroxyl groups is 9. The summed E-state index contributed by atoms with van der Waals surface area (Å²) in [6.07, 6.45) is -22.2. The van der Waals surface area contributed by atoms with Crippen LogP contribution in [0.4, 0.5) is 0 Å². The minimum absolute atomic E-state index is 0.0304. The Hall–Kier alpha value is -5.31. The minimum atomic E-state index is -1.95. The maximum absolute atomic E-state index is 12.6. The second-order valence-electron chi connectivity index (χ2n) is 15.6. The van der Waals surface area contributed by atoms with Crippen molar-refractivity contribution in [2.24, 2.45) is 0 Å². The van der Waals surface area contributed by atoms with Crippen LogP contribution in [0.2, 0.25) is 0 Å². The number of hydrogen-bond donors (Lipinski definition) is 12. The summed E-state index contributed by atoms with van der Waals surface area (Å²) in [7, 11) is 1.23. The van der Waals surface area contributed by atoms with Gasteiger partial charge >= 0.3 is 5.97 Å². The number of aliphatic hydroxyl groups excluding tert-OH is 9. The van der Waals surface area contributed by atoms with Crippen LogP contribution in [-0.4, -0.2) is 180 Å². The Labute approximate surface area is 369 Å². The lowest BCUT2D eigenvalue weighted by molar-refractivity contribution is -0.325. The number of benzene rings is 3. The second-order valence-corrected chi connectivity index (χ2v) is 15.6. The summed E-state index contributed by atoms with van der Waals surface area (Å²) in [6, 6.07) is 12.8. The molecule has 16 atom stereocenters. The van der Waals surface area contributed by atoms with Crippen molar-refractivity contribution < 1.29 is 109 Å². The number of phenols is 3. The summed E-state index contributed by atoms with van der Waals surface area (Å²) >= 11 is 0. The molecule has 0 aromatic heterocycles. The van der Waals surface area contributed by atoms with Gasteiger partial charge in [-0.25, -0.2) is 4.79 Å². The molecule has 12 N–H and O–H groups in total. The smallest absolute Gasteiger partial charge is 0.331 e. The number of esters is 1. The topological polar surface area (TPSA) is 343 Å². The number of phenolic OH excluding ortho intramolecular Hbond substituents is 3. The lowest BCUT2D eigenvalue weighted by atomic mass is 9.98. The minimum Gasteiger partial charge on any atom is -0.508 e. The first kappa shape index (κ1) is 47.6. The highest BCUT2D eigenvalue weighted by Crippen LogP contribution is 2.47. The highest BCUT2D eigenvalue weighted by molar-refractivity contribution is 5.87. The SMILES string of the molecule is COc1cc(C2Oc3cccc(OC4OC(CO)C(O)C(O)C4O)c3C=C2OC2OC(COC3OC(C)C(OC(=O)C=Cc4ccc(O)cc4)C(O)C3O)C(O)C(O)C2O)cc(O)c1O. The molecule has 4 aliphatic heterocycles. The van der Waals surface area contributed by atoms with Gasteiger partial charge in [-0.1, -0.05) is 18.2 Å². The number of hydrogen-bond acceptors (Lipinski definition) is 22. The molecule has 65 heavy (non-hydrogen) atoms. The monoisotopic (exact) mass is 918 g/mol. The third kappa shape index (κ3) is 10.1. The molecule has 16 unspecified atom stereocenters. The number of rotatable bonds is 13. The third-order valence-corrected chi connectivity index (χ3v) is 11.2. The average Bonchev–Trinajstić information content (AvgIpc) is 3.29. The quantitative estimate of drug-likeness (QED) is 0.0522. The summed E-state index contributed by atoms with van der Waals surface area (Å²) in [5.74, 6) is -2.37. The summed E-state index contributed by atoms with van der Waals surface area (Å²) in [4.78, 5) is 12.6. The van der Waals surface area contributed by atoms with Crippen LogP contribution in [0, 0.1) is 0 Å². The van der Waals surface area contributed by atoms with Gasteiger partial charge in [-0.05, 0) is 61.0 Å². The van der Waals surface area contributed by atoms with Gasteiger partial charge in [0.2, 0.25) is 18.3 Å². The molecular formula is C43H50O22. The summed E-state index contributed by atoms with van der Waals surface area (Å²) in [5, 5.41) is 126. The number of carbonyl (C=O) groups is 1. The molecule has 0 saturated carbocycles. The van der Waals surface area contributed by atoms with Crippen molar-refractivity contribution in [1.29, 1.82) is 0 Å². The van der Waals surface area contributed by atoms with Gasteiger partial charge in [0.25, 0.3) is 0 Å². The number of aromatic hydroxyl groups is 3. The van der Waals surface area contributed by atoms with Gasteiger partial charge in [0.15, 0.2) is 30.0 Å². The Bertz CT molecular complexity index is 2180. The molecule has 0 amide bonds. The Morgan fingerprint density at radius 3 is 2.05 bits per heavy atom. The molecule has 3 fully saturated rings. The van der Waals surface area contributed by atoms with E-state index in [0.29, 0.717) is 5.56 Å². The Balaban J connectivity index is 1.09. The van der Waals surface area contributed by atoms with Gasteiger partial charge in [-0.3, -0.25) is 0 Å². The number of methoxy groups -OCH3 is 1. The van der Waals surface area contributed by atoms with Gasteiger partial charge in [-0.2, -0.15) is 0 Å². The fourth-order valence-electron chi connectivity index (χ4n) is 7.52. The first-order valence-corrected chi connectivity index (χ1v) is 20.2. The molecule has 22 nitrogen and oxygen atoms in total. The van der Waals surface area contributed by atoms with Crippen LogP contribution in [-0.2, 0) is 33.2 Å². The predicted molar refractivity (Wildman–Crippen MR) is 216 cm³/mol. The zero-order valence-electron chi connectivity index (χ0n) is 34.5. The Kier molecular flexibility index (Phi) is 14.7. The van der Waals surface area contributed by atoms with Crippen LogP contribution >= 0.6 is 0 Å². The van der Waals surface area contributed by atoms with E-state index in [1.807, 2.05) is 0 Å².